The summed E-state index contributed by atoms with van der Waals surface area (Å²) >= 11 is 0. The van der Waals surface area contributed by atoms with Gasteiger partial charge in [0.15, 0.2) is 0 Å². The van der Waals surface area contributed by atoms with E-state index in [2.05, 4.69) is 5.10 Å². The third-order valence-electron chi connectivity index (χ3n) is 3.68. The van der Waals surface area contributed by atoms with E-state index in [0.29, 0.717) is 0 Å². The summed E-state index contributed by atoms with van der Waals surface area (Å²) in [6, 6.07) is 15.3. The second kappa shape index (κ2) is 6.37. The summed E-state index contributed by atoms with van der Waals surface area (Å²) in [6.45, 7) is 0.232. The third-order valence-corrected chi connectivity index (χ3v) is 3.68. The van der Waals surface area contributed by atoms with E-state index in [9.17, 15) is 19.5 Å². The third kappa shape index (κ3) is 2.89. The van der Waals surface area contributed by atoms with Crippen molar-refractivity contribution in [2.24, 2.45) is 0 Å². The van der Waals surface area contributed by atoms with Crippen LogP contribution in [0.3, 0.4) is 0 Å². The van der Waals surface area contributed by atoms with E-state index in [1.165, 1.54) is 23.0 Å². The number of carbonyl (C=O) groups is 1. The molecule has 24 heavy (non-hydrogen) atoms. The van der Waals surface area contributed by atoms with Crippen LogP contribution in [-0.2, 0) is 6.54 Å². The molecule has 0 aliphatic carbocycles. The average Bonchev–Trinajstić information content (AvgIpc) is 2.60. The summed E-state index contributed by atoms with van der Waals surface area (Å²) < 4.78 is 1.20. The predicted molar refractivity (Wildman–Crippen MR) is 89.3 cm³/mol. The van der Waals surface area contributed by atoms with E-state index >= 15 is 0 Å². The highest BCUT2D eigenvalue weighted by Gasteiger charge is 2.16. The summed E-state index contributed by atoms with van der Waals surface area (Å²) in [7, 11) is 0. The van der Waals surface area contributed by atoms with Crippen LogP contribution in [-0.4, -0.2) is 20.9 Å². The summed E-state index contributed by atoms with van der Waals surface area (Å²) in [5.41, 5.74) is -0.357. The molecular formula is C18H14N2O4. The van der Waals surface area contributed by atoms with Gasteiger partial charge in [-0.05, 0) is 11.6 Å². The number of hydrogen-bond donors (Lipinski definition) is 2. The van der Waals surface area contributed by atoms with E-state index in [4.69, 9.17) is 0 Å². The number of carboxylic acid groups (broad SMARTS) is 1. The zero-order chi connectivity index (χ0) is 17.1. The first-order valence-electron chi connectivity index (χ1n) is 7.27. The molecular weight excluding hydrogens is 308 g/mol. The number of nitrogens with one attached hydrogen (secondary N) is 1. The molecule has 0 fully saturated rings. The van der Waals surface area contributed by atoms with Crippen molar-refractivity contribution < 1.29 is 9.90 Å². The maximum absolute atomic E-state index is 12.4. The molecule has 120 valence electrons. The van der Waals surface area contributed by atoms with Gasteiger partial charge in [-0.1, -0.05) is 48.5 Å². The molecule has 0 aliphatic rings. The zero-order valence-electron chi connectivity index (χ0n) is 12.6. The minimum Gasteiger partial charge on any atom is -0.478 e. The molecule has 0 radical (unpaired) electrons. The number of benzene rings is 2. The Bertz CT molecular complexity index is 1000. The fraction of sp³-hybridized carbons (Fsp3) is 0.0556. The lowest BCUT2D eigenvalue weighted by atomic mass is 10.0. The number of nitrogens with zero attached hydrogens (tertiary/aromatic N) is 1. The van der Waals surface area contributed by atoms with Crippen LogP contribution in [0.15, 0.2) is 70.4 Å². The van der Waals surface area contributed by atoms with Crippen molar-refractivity contribution in [3.05, 3.63) is 92.5 Å². The van der Waals surface area contributed by atoms with Gasteiger partial charge in [0, 0.05) is 11.8 Å². The Morgan fingerprint density at radius 3 is 2.33 bits per heavy atom. The Morgan fingerprint density at radius 2 is 1.62 bits per heavy atom. The highest BCUT2D eigenvalue weighted by molar-refractivity contribution is 5.95. The largest absolute Gasteiger partial charge is 0.478 e. The van der Waals surface area contributed by atoms with Gasteiger partial charge in [0.1, 0.15) is 0 Å². The Kier molecular flexibility index (Phi) is 4.11. The molecule has 0 saturated carbocycles. The van der Waals surface area contributed by atoms with Gasteiger partial charge in [-0.3, -0.25) is 9.59 Å². The Hall–Kier alpha value is -3.41. The highest BCUT2D eigenvalue weighted by Crippen LogP contribution is 2.19. The van der Waals surface area contributed by atoms with E-state index in [1.807, 2.05) is 30.3 Å². The van der Waals surface area contributed by atoms with E-state index in [1.54, 1.807) is 12.1 Å². The van der Waals surface area contributed by atoms with Crippen molar-refractivity contribution in [2.45, 2.75) is 6.54 Å². The molecule has 2 N–H and O–H groups in total. The van der Waals surface area contributed by atoms with Crippen LogP contribution in [0.1, 0.15) is 15.9 Å². The maximum Gasteiger partial charge on any atom is 0.336 e. The summed E-state index contributed by atoms with van der Waals surface area (Å²) in [6.07, 6.45) is 1.37. The van der Waals surface area contributed by atoms with Crippen molar-refractivity contribution in [3.63, 3.8) is 0 Å². The normalized spacial score (nSPS) is 10.5. The van der Waals surface area contributed by atoms with Crippen LogP contribution in [0.5, 0.6) is 0 Å². The first-order chi connectivity index (χ1) is 11.6. The number of aromatic amines is 1. The molecule has 0 bridgehead atoms. The zero-order valence-corrected chi connectivity index (χ0v) is 12.6. The van der Waals surface area contributed by atoms with Gasteiger partial charge >= 0.3 is 11.5 Å². The van der Waals surface area contributed by atoms with Gasteiger partial charge in [0.2, 0.25) is 0 Å². The number of carboxylic acids is 1. The SMILES string of the molecule is O=C(O)c1ccccc1-c1c[nH]n(Cc2ccccc2)c(=O)c1=O. The lowest BCUT2D eigenvalue weighted by Gasteiger charge is -2.09. The van der Waals surface area contributed by atoms with Crippen LogP contribution in [0.2, 0.25) is 0 Å². The van der Waals surface area contributed by atoms with Gasteiger partial charge in [-0.25, -0.2) is 9.48 Å². The quantitative estimate of drug-likeness (QED) is 0.718. The second-order valence-electron chi connectivity index (χ2n) is 5.24. The van der Waals surface area contributed by atoms with Crippen LogP contribution in [0, 0.1) is 0 Å². The number of hydrogen-bond acceptors (Lipinski definition) is 3. The molecule has 1 aromatic heterocycles. The standard InChI is InChI=1S/C18H14N2O4/c21-16-15(13-8-4-5-9-14(13)18(23)24)10-19-20(17(16)22)11-12-6-2-1-3-7-12/h1-10,19H,11H2,(H,23,24). The molecule has 2 aromatic carbocycles. The molecule has 1 heterocycles. The second-order valence-corrected chi connectivity index (χ2v) is 5.24. The lowest BCUT2D eigenvalue weighted by Crippen LogP contribution is -2.37. The number of H-pyrrole nitrogens is 1. The molecule has 0 amide bonds. The van der Waals surface area contributed by atoms with Crippen molar-refractivity contribution in [2.75, 3.05) is 0 Å². The maximum atomic E-state index is 12.4. The van der Waals surface area contributed by atoms with Gasteiger partial charge < -0.3 is 10.2 Å². The van der Waals surface area contributed by atoms with Gasteiger partial charge in [0.05, 0.1) is 17.7 Å². The van der Waals surface area contributed by atoms with Crippen LogP contribution >= 0.6 is 0 Å². The summed E-state index contributed by atoms with van der Waals surface area (Å²) in [5.74, 6) is -1.15. The smallest absolute Gasteiger partial charge is 0.336 e. The fourth-order valence-electron chi connectivity index (χ4n) is 2.49. The number of aromatic carboxylic acids is 1. The molecule has 0 atom stereocenters. The molecule has 0 saturated heterocycles. The number of rotatable bonds is 4. The van der Waals surface area contributed by atoms with Crippen molar-refractivity contribution in [1.29, 1.82) is 0 Å². The molecule has 0 aliphatic heterocycles. The fourth-order valence-corrected chi connectivity index (χ4v) is 2.49. The van der Waals surface area contributed by atoms with Gasteiger partial charge in [0.25, 0.3) is 5.43 Å². The minimum atomic E-state index is -1.15. The summed E-state index contributed by atoms with van der Waals surface area (Å²) in [5, 5.41) is 12.0. The van der Waals surface area contributed by atoms with Crippen LogP contribution < -0.4 is 11.0 Å². The monoisotopic (exact) mass is 322 g/mol. The molecule has 6 heteroatoms. The Balaban J connectivity index is 2.08. The van der Waals surface area contributed by atoms with Crippen molar-refractivity contribution >= 4 is 5.97 Å². The van der Waals surface area contributed by atoms with Gasteiger partial charge in [-0.2, -0.15) is 0 Å². The highest BCUT2D eigenvalue weighted by atomic mass is 16.4. The lowest BCUT2D eigenvalue weighted by molar-refractivity contribution is 0.0697. The van der Waals surface area contributed by atoms with E-state index < -0.39 is 17.0 Å². The molecule has 0 spiro atoms. The minimum absolute atomic E-state index is 0.0248. The predicted octanol–water partition coefficient (Wildman–Crippen LogP) is 1.95. The molecule has 0 unspecified atom stereocenters. The van der Waals surface area contributed by atoms with Crippen LogP contribution in [0.4, 0.5) is 0 Å². The first-order valence-corrected chi connectivity index (χ1v) is 7.27. The van der Waals surface area contributed by atoms with E-state index in [-0.39, 0.29) is 23.2 Å². The summed E-state index contributed by atoms with van der Waals surface area (Å²) in [4.78, 5) is 36.0. The van der Waals surface area contributed by atoms with E-state index in [0.717, 1.165) is 5.56 Å². The Labute approximate surface area is 136 Å². The molecule has 6 nitrogen and oxygen atoms in total. The van der Waals surface area contributed by atoms with Gasteiger partial charge in [-0.15, -0.1) is 0 Å². The molecule has 3 aromatic rings. The average molecular weight is 322 g/mol. The number of aromatic nitrogens is 2. The van der Waals surface area contributed by atoms with Crippen molar-refractivity contribution in [3.8, 4) is 11.1 Å². The molecule has 3 rings (SSSR count). The topological polar surface area (TPSA) is 92.2 Å². The van der Waals surface area contributed by atoms with Crippen LogP contribution in [0.25, 0.3) is 11.1 Å². The Morgan fingerprint density at radius 1 is 0.958 bits per heavy atom. The van der Waals surface area contributed by atoms with Crippen molar-refractivity contribution in [1.82, 2.24) is 9.78 Å². The first kappa shape index (κ1) is 15.5.